The third-order valence-corrected chi connectivity index (χ3v) is 9.23. The molecule has 0 bridgehead atoms. The minimum Gasteiger partial charge on any atom is -0.481 e. The molecule has 4 aliphatic rings. The van der Waals surface area contributed by atoms with Crippen LogP contribution in [0.2, 0.25) is 0 Å². The summed E-state index contributed by atoms with van der Waals surface area (Å²) in [7, 11) is 0. The second-order valence-electron chi connectivity index (χ2n) is 10.1. The Bertz CT molecular complexity index is 727. The number of aliphatic carboxylic acids is 1. The fourth-order valence-corrected chi connectivity index (χ4v) is 7.57. The molecule has 0 aliphatic heterocycles. The molecule has 1 unspecified atom stereocenters. The number of rotatable bonds is 3. The predicted molar refractivity (Wildman–Crippen MR) is 101 cm³/mol. The predicted octanol–water partition coefficient (Wildman–Crippen LogP) is 2.26. The standard InChI is InChI=1S/C22H32O6/c1-20-10-9-16-14(15(20)7-4-12(20)5-8-18(24)25)6-3-13-11-17(23)19(26)22(27,28)21(13,16)2/h11-12,14-16,19,26-28H,3-10H2,1-2H3,(H,24,25)/t12-,14+,15+,16+,19?,20-,21+/m1/s1. The molecule has 0 spiro atoms. The Hall–Kier alpha value is -1.24. The second kappa shape index (κ2) is 6.38. The van der Waals surface area contributed by atoms with E-state index in [2.05, 4.69) is 6.92 Å². The van der Waals surface area contributed by atoms with Crippen LogP contribution in [0.3, 0.4) is 0 Å². The lowest BCUT2D eigenvalue weighted by Crippen LogP contribution is -2.67. The molecule has 28 heavy (non-hydrogen) atoms. The van der Waals surface area contributed by atoms with Gasteiger partial charge in [-0.05, 0) is 80.1 Å². The van der Waals surface area contributed by atoms with Gasteiger partial charge in [-0.3, -0.25) is 9.59 Å². The Labute approximate surface area is 165 Å². The Morgan fingerprint density at radius 2 is 1.86 bits per heavy atom. The van der Waals surface area contributed by atoms with Crippen LogP contribution in [0.5, 0.6) is 0 Å². The van der Waals surface area contributed by atoms with Crippen LogP contribution in [0, 0.1) is 34.5 Å². The van der Waals surface area contributed by atoms with E-state index in [-0.39, 0.29) is 17.8 Å². The first-order valence-corrected chi connectivity index (χ1v) is 10.6. The van der Waals surface area contributed by atoms with E-state index < -0.39 is 29.1 Å². The van der Waals surface area contributed by atoms with Crippen LogP contribution in [0.1, 0.15) is 65.2 Å². The number of carboxylic acid groups (broad SMARTS) is 1. The van der Waals surface area contributed by atoms with E-state index in [1.54, 1.807) is 0 Å². The summed E-state index contributed by atoms with van der Waals surface area (Å²) in [6.07, 6.45) is 5.91. The number of carbonyl (C=O) groups is 2. The van der Waals surface area contributed by atoms with Crippen molar-refractivity contribution in [2.45, 2.75) is 77.1 Å². The Morgan fingerprint density at radius 1 is 1.14 bits per heavy atom. The van der Waals surface area contributed by atoms with E-state index in [0.717, 1.165) is 37.7 Å². The van der Waals surface area contributed by atoms with Crippen LogP contribution < -0.4 is 0 Å². The highest BCUT2D eigenvalue weighted by atomic mass is 16.5. The molecule has 0 radical (unpaired) electrons. The van der Waals surface area contributed by atoms with Crippen molar-refractivity contribution in [1.82, 2.24) is 0 Å². The van der Waals surface area contributed by atoms with Gasteiger partial charge in [-0.15, -0.1) is 0 Å². The van der Waals surface area contributed by atoms with Crippen LogP contribution >= 0.6 is 0 Å². The van der Waals surface area contributed by atoms with Gasteiger partial charge in [0.05, 0.1) is 0 Å². The zero-order valence-corrected chi connectivity index (χ0v) is 16.7. The number of hydrogen-bond donors (Lipinski definition) is 4. The van der Waals surface area contributed by atoms with Gasteiger partial charge in [0.2, 0.25) is 5.79 Å². The van der Waals surface area contributed by atoms with Gasteiger partial charge in [-0.2, -0.15) is 0 Å². The Kier molecular flexibility index (Phi) is 4.57. The van der Waals surface area contributed by atoms with Crippen molar-refractivity contribution < 1.29 is 30.0 Å². The fourth-order valence-electron chi connectivity index (χ4n) is 7.57. The van der Waals surface area contributed by atoms with Crippen molar-refractivity contribution in [2.75, 3.05) is 0 Å². The molecule has 4 aliphatic carbocycles. The van der Waals surface area contributed by atoms with Crippen molar-refractivity contribution >= 4 is 11.8 Å². The molecule has 0 heterocycles. The Balaban J connectivity index is 1.65. The van der Waals surface area contributed by atoms with Crippen molar-refractivity contribution in [2.24, 2.45) is 34.5 Å². The van der Waals surface area contributed by atoms with Crippen molar-refractivity contribution in [3.8, 4) is 0 Å². The van der Waals surface area contributed by atoms with E-state index in [4.69, 9.17) is 5.11 Å². The molecule has 0 aromatic heterocycles. The molecule has 3 saturated carbocycles. The molecule has 6 nitrogen and oxygen atoms in total. The van der Waals surface area contributed by atoms with Gasteiger partial charge in [0, 0.05) is 11.8 Å². The fraction of sp³-hybridized carbons (Fsp3) is 0.818. The van der Waals surface area contributed by atoms with E-state index in [1.807, 2.05) is 6.92 Å². The monoisotopic (exact) mass is 392 g/mol. The summed E-state index contributed by atoms with van der Waals surface area (Å²) < 4.78 is 0. The van der Waals surface area contributed by atoms with Gasteiger partial charge in [-0.1, -0.05) is 19.4 Å². The third-order valence-electron chi connectivity index (χ3n) is 9.23. The summed E-state index contributed by atoms with van der Waals surface area (Å²) in [6.45, 7) is 4.11. The minimum atomic E-state index is -2.45. The molecule has 0 saturated heterocycles. The van der Waals surface area contributed by atoms with Crippen LogP contribution in [0.25, 0.3) is 0 Å². The van der Waals surface area contributed by atoms with Crippen molar-refractivity contribution in [3.63, 3.8) is 0 Å². The van der Waals surface area contributed by atoms with Crippen LogP contribution in [0.4, 0.5) is 0 Å². The molecule has 0 aromatic carbocycles. The Morgan fingerprint density at radius 3 is 2.54 bits per heavy atom. The van der Waals surface area contributed by atoms with E-state index in [9.17, 15) is 24.9 Å². The maximum atomic E-state index is 12.1. The average molecular weight is 392 g/mol. The van der Waals surface area contributed by atoms with E-state index >= 15 is 0 Å². The first-order valence-electron chi connectivity index (χ1n) is 10.6. The normalized spacial score (nSPS) is 47.0. The summed E-state index contributed by atoms with van der Waals surface area (Å²) in [5.74, 6) is -2.69. The number of carboxylic acids is 1. The van der Waals surface area contributed by atoms with Crippen LogP contribution in [-0.2, 0) is 9.59 Å². The summed E-state index contributed by atoms with van der Waals surface area (Å²) in [4.78, 5) is 23.1. The largest absolute Gasteiger partial charge is 0.481 e. The lowest BCUT2D eigenvalue weighted by Gasteiger charge is -2.61. The lowest BCUT2D eigenvalue weighted by atomic mass is 9.45. The minimum absolute atomic E-state index is 0.00143. The molecule has 6 heteroatoms. The SMILES string of the molecule is C[C@]12CC[C@H]3[C@@H](CCC4=CC(=O)C(O)C(O)(O)[C@@]43C)[C@@H]1CC[C@@H]2CCC(=O)O. The number of hydrogen-bond acceptors (Lipinski definition) is 5. The lowest BCUT2D eigenvalue weighted by molar-refractivity contribution is -0.299. The molecular formula is C22H32O6. The summed E-state index contributed by atoms with van der Waals surface area (Å²) >= 11 is 0. The van der Waals surface area contributed by atoms with Gasteiger partial charge in [0.1, 0.15) is 0 Å². The number of aliphatic hydroxyl groups is 3. The molecule has 156 valence electrons. The summed E-state index contributed by atoms with van der Waals surface area (Å²) in [5.41, 5.74) is -0.174. The van der Waals surface area contributed by atoms with Gasteiger partial charge < -0.3 is 20.4 Å². The highest BCUT2D eigenvalue weighted by Gasteiger charge is 2.67. The van der Waals surface area contributed by atoms with Gasteiger partial charge >= 0.3 is 5.97 Å². The highest BCUT2D eigenvalue weighted by molar-refractivity contribution is 5.96. The van der Waals surface area contributed by atoms with Crippen LogP contribution in [0.15, 0.2) is 11.6 Å². The molecule has 0 aromatic rings. The number of aliphatic hydroxyl groups excluding tert-OH is 1. The van der Waals surface area contributed by atoms with Crippen LogP contribution in [-0.4, -0.2) is 44.1 Å². The topological polar surface area (TPSA) is 115 Å². The zero-order chi connectivity index (χ0) is 20.5. The maximum Gasteiger partial charge on any atom is 0.303 e. The smallest absolute Gasteiger partial charge is 0.303 e. The first-order chi connectivity index (χ1) is 13.0. The van der Waals surface area contributed by atoms with E-state index in [0.29, 0.717) is 30.6 Å². The molecule has 4 rings (SSSR count). The number of ketones is 1. The average Bonchev–Trinajstić information content (AvgIpc) is 2.96. The van der Waals surface area contributed by atoms with Crippen molar-refractivity contribution in [1.29, 1.82) is 0 Å². The molecular weight excluding hydrogens is 360 g/mol. The quantitative estimate of drug-likeness (QED) is 0.548. The highest BCUT2D eigenvalue weighted by Crippen LogP contribution is 2.68. The zero-order valence-electron chi connectivity index (χ0n) is 16.7. The van der Waals surface area contributed by atoms with E-state index in [1.165, 1.54) is 6.08 Å². The number of carbonyl (C=O) groups excluding carboxylic acids is 1. The van der Waals surface area contributed by atoms with Gasteiger partial charge in [-0.25, -0.2) is 0 Å². The summed E-state index contributed by atoms with van der Waals surface area (Å²) in [5, 5.41) is 41.1. The molecule has 0 amide bonds. The molecule has 3 fully saturated rings. The first kappa shape index (κ1) is 20.0. The molecule has 7 atom stereocenters. The summed E-state index contributed by atoms with van der Waals surface area (Å²) in [6, 6.07) is 0. The molecule has 4 N–H and O–H groups in total. The second-order valence-corrected chi connectivity index (χ2v) is 10.1. The number of fused-ring (bicyclic) bond motifs is 5. The van der Waals surface area contributed by atoms with Gasteiger partial charge in [0.15, 0.2) is 11.9 Å². The van der Waals surface area contributed by atoms with Gasteiger partial charge in [0.25, 0.3) is 0 Å². The third kappa shape index (κ3) is 2.50. The van der Waals surface area contributed by atoms with Crippen molar-refractivity contribution in [3.05, 3.63) is 11.6 Å². The maximum absolute atomic E-state index is 12.1.